The average Bonchev–Trinajstić information content (AvgIpc) is 2.41. The third-order valence-corrected chi connectivity index (χ3v) is 3.58. The molecule has 7 heteroatoms. The lowest BCUT2D eigenvalue weighted by molar-refractivity contribution is -0.115. The minimum atomic E-state index is -4.92. The fourth-order valence-electron chi connectivity index (χ4n) is 1.76. The molecule has 0 spiro atoms. The van der Waals surface area contributed by atoms with Gasteiger partial charge in [-0.3, -0.25) is 4.79 Å². The van der Waals surface area contributed by atoms with Gasteiger partial charge in [-0.15, -0.1) is 3.89 Å². The Morgan fingerprint density at radius 3 is 2.29 bits per heavy atom. The van der Waals surface area contributed by atoms with Crippen LogP contribution in [0.15, 0.2) is 53.4 Å². The van der Waals surface area contributed by atoms with Crippen LogP contribution in [0.5, 0.6) is 0 Å². The van der Waals surface area contributed by atoms with Crippen molar-refractivity contribution < 1.29 is 21.5 Å². The van der Waals surface area contributed by atoms with Gasteiger partial charge in [0.15, 0.2) is 0 Å². The van der Waals surface area contributed by atoms with E-state index >= 15 is 0 Å². The Labute approximate surface area is 120 Å². The Morgan fingerprint density at radius 1 is 1.05 bits per heavy atom. The maximum Gasteiger partial charge on any atom is 0.334 e. The number of hydrogen-bond acceptors (Lipinski definition) is 3. The lowest BCUT2D eigenvalue weighted by Gasteiger charge is -2.08. The highest BCUT2D eigenvalue weighted by Crippen LogP contribution is 2.22. The van der Waals surface area contributed by atoms with Gasteiger partial charge in [0.25, 0.3) is 0 Å². The third-order valence-electron chi connectivity index (χ3n) is 2.70. The summed E-state index contributed by atoms with van der Waals surface area (Å²) in [6.07, 6.45) is -0.0824. The number of amides is 1. The van der Waals surface area contributed by atoms with Crippen molar-refractivity contribution in [2.24, 2.45) is 0 Å². The first-order valence-corrected chi connectivity index (χ1v) is 7.32. The zero-order chi connectivity index (χ0) is 15.5. The minimum absolute atomic E-state index is 0.0824. The number of rotatable bonds is 4. The Hall–Kier alpha value is -2.28. The molecular formula is C14H11F2NO3S. The van der Waals surface area contributed by atoms with E-state index in [1.165, 1.54) is 42.5 Å². The highest BCUT2D eigenvalue weighted by molar-refractivity contribution is 7.86. The molecule has 0 unspecified atom stereocenters. The third kappa shape index (κ3) is 4.09. The van der Waals surface area contributed by atoms with Crippen LogP contribution in [0.25, 0.3) is 0 Å². The molecule has 110 valence electrons. The van der Waals surface area contributed by atoms with E-state index in [1.807, 2.05) is 0 Å². The minimum Gasteiger partial charge on any atom is -0.325 e. The Balaban J connectivity index is 2.15. The van der Waals surface area contributed by atoms with Gasteiger partial charge >= 0.3 is 10.2 Å². The van der Waals surface area contributed by atoms with Crippen molar-refractivity contribution in [3.05, 3.63) is 59.9 Å². The van der Waals surface area contributed by atoms with E-state index in [9.17, 15) is 21.5 Å². The van der Waals surface area contributed by atoms with E-state index in [-0.39, 0.29) is 12.1 Å². The average molecular weight is 311 g/mol. The number of anilines is 1. The molecule has 0 heterocycles. The van der Waals surface area contributed by atoms with E-state index in [4.69, 9.17) is 0 Å². The number of carbonyl (C=O) groups is 1. The van der Waals surface area contributed by atoms with Crippen molar-refractivity contribution in [2.45, 2.75) is 11.3 Å². The molecule has 0 aromatic heterocycles. The summed E-state index contributed by atoms with van der Waals surface area (Å²) in [5.74, 6) is -0.953. The molecule has 0 atom stereocenters. The second-order valence-corrected chi connectivity index (χ2v) is 5.60. The van der Waals surface area contributed by atoms with Crippen LogP contribution in [0, 0.1) is 5.82 Å². The molecule has 0 radical (unpaired) electrons. The second-order valence-electron chi connectivity index (χ2n) is 4.29. The van der Waals surface area contributed by atoms with Gasteiger partial charge in [0, 0.05) is 0 Å². The smallest absolute Gasteiger partial charge is 0.325 e. The van der Waals surface area contributed by atoms with Crippen LogP contribution in [0.3, 0.4) is 0 Å². The van der Waals surface area contributed by atoms with E-state index in [1.54, 1.807) is 0 Å². The molecule has 0 aliphatic carbocycles. The monoisotopic (exact) mass is 311 g/mol. The molecule has 4 nitrogen and oxygen atoms in total. The summed E-state index contributed by atoms with van der Waals surface area (Å²) in [6, 6.07) is 10.5. The highest BCUT2D eigenvalue weighted by Gasteiger charge is 2.18. The lowest BCUT2D eigenvalue weighted by atomic mass is 10.1. The van der Waals surface area contributed by atoms with Crippen LogP contribution in [-0.4, -0.2) is 14.3 Å². The molecule has 1 N–H and O–H groups in total. The summed E-state index contributed by atoms with van der Waals surface area (Å²) < 4.78 is 47.8. The Kier molecular flexibility index (Phi) is 4.32. The quantitative estimate of drug-likeness (QED) is 0.883. The largest absolute Gasteiger partial charge is 0.334 e. The number of nitrogens with one attached hydrogen (secondary N) is 1. The van der Waals surface area contributed by atoms with Crippen molar-refractivity contribution in [3.63, 3.8) is 0 Å². The highest BCUT2D eigenvalue weighted by atomic mass is 32.3. The molecule has 0 fully saturated rings. The molecule has 2 aromatic rings. The molecule has 1 amide bonds. The summed E-state index contributed by atoms with van der Waals surface area (Å²) in [7, 11) is -4.92. The lowest BCUT2D eigenvalue weighted by Crippen LogP contribution is -2.16. The summed E-state index contributed by atoms with van der Waals surface area (Å²) in [5, 5.41) is 2.33. The molecule has 21 heavy (non-hydrogen) atoms. The first kappa shape index (κ1) is 15.1. The van der Waals surface area contributed by atoms with E-state index in [2.05, 4.69) is 5.32 Å². The van der Waals surface area contributed by atoms with Crippen molar-refractivity contribution in [2.75, 3.05) is 5.32 Å². The van der Waals surface area contributed by atoms with Crippen LogP contribution < -0.4 is 5.32 Å². The van der Waals surface area contributed by atoms with Gasteiger partial charge in [0.2, 0.25) is 5.91 Å². The number of carbonyl (C=O) groups excluding carboxylic acids is 1. The molecule has 0 saturated carbocycles. The van der Waals surface area contributed by atoms with Crippen molar-refractivity contribution in [1.29, 1.82) is 0 Å². The predicted molar refractivity (Wildman–Crippen MR) is 73.5 cm³/mol. The van der Waals surface area contributed by atoms with Gasteiger partial charge in [0.1, 0.15) is 10.7 Å². The van der Waals surface area contributed by atoms with Gasteiger partial charge in [0.05, 0.1) is 12.1 Å². The second kappa shape index (κ2) is 6.01. The molecule has 0 aliphatic heterocycles. The van der Waals surface area contributed by atoms with Crippen LogP contribution in [0.4, 0.5) is 14.0 Å². The number of para-hydroxylation sites is 1. The van der Waals surface area contributed by atoms with Crippen molar-refractivity contribution >= 4 is 21.8 Å². The number of benzene rings is 2. The number of halogens is 2. The van der Waals surface area contributed by atoms with Crippen LogP contribution in [0.2, 0.25) is 0 Å². The predicted octanol–water partition coefficient (Wildman–Crippen LogP) is 2.67. The fourth-order valence-corrected chi connectivity index (χ4v) is 2.39. The Bertz CT molecular complexity index is 758. The first-order valence-electron chi connectivity index (χ1n) is 5.94. The summed E-state index contributed by atoms with van der Waals surface area (Å²) in [6.45, 7) is 0. The maximum absolute atomic E-state index is 13.1. The number of hydrogen-bond donors (Lipinski definition) is 1. The fraction of sp³-hybridized carbons (Fsp3) is 0.0714. The van der Waals surface area contributed by atoms with Crippen LogP contribution in [0.1, 0.15) is 5.56 Å². The first-order chi connectivity index (χ1) is 9.86. The SMILES string of the molecule is O=C(Cc1ccc(F)cc1)Nc1ccccc1S(=O)(=O)F. The van der Waals surface area contributed by atoms with Crippen molar-refractivity contribution in [3.8, 4) is 0 Å². The van der Waals surface area contributed by atoms with Gasteiger partial charge in [-0.05, 0) is 29.8 Å². The van der Waals surface area contributed by atoms with Gasteiger partial charge in [-0.1, -0.05) is 24.3 Å². The van der Waals surface area contributed by atoms with Gasteiger partial charge in [-0.25, -0.2) is 4.39 Å². The molecule has 0 saturated heterocycles. The standard InChI is InChI=1S/C14H11F2NO3S/c15-11-7-5-10(6-8-11)9-14(18)17-12-3-1-2-4-13(12)21(16,19)20/h1-8H,9H2,(H,17,18). The zero-order valence-electron chi connectivity index (χ0n) is 10.7. The van der Waals surface area contributed by atoms with Crippen LogP contribution >= 0.6 is 0 Å². The summed E-state index contributed by atoms with van der Waals surface area (Å²) in [5.41, 5.74) is 0.418. The maximum atomic E-state index is 13.1. The van der Waals surface area contributed by atoms with Crippen molar-refractivity contribution in [1.82, 2.24) is 0 Å². The van der Waals surface area contributed by atoms with E-state index < -0.39 is 26.8 Å². The van der Waals surface area contributed by atoms with Gasteiger partial charge < -0.3 is 5.32 Å². The van der Waals surface area contributed by atoms with E-state index in [0.29, 0.717) is 5.56 Å². The molecule has 0 aliphatic rings. The molecular weight excluding hydrogens is 300 g/mol. The summed E-state index contributed by atoms with van der Waals surface area (Å²) in [4.78, 5) is 11.2. The molecule has 2 rings (SSSR count). The van der Waals surface area contributed by atoms with E-state index in [0.717, 1.165) is 6.07 Å². The topological polar surface area (TPSA) is 63.2 Å². The normalized spacial score (nSPS) is 11.1. The molecule has 0 bridgehead atoms. The Morgan fingerprint density at radius 2 is 1.67 bits per heavy atom. The molecule has 2 aromatic carbocycles. The summed E-state index contributed by atoms with van der Waals surface area (Å²) >= 11 is 0. The van der Waals surface area contributed by atoms with Gasteiger partial charge in [-0.2, -0.15) is 8.42 Å². The zero-order valence-corrected chi connectivity index (χ0v) is 11.5. The van der Waals surface area contributed by atoms with Crippen LogP contribution in [-0.2, 0) is 21.4 Å².